The van der Waals surface area contributed by atoms with Crippen molar-refractivity contribution in [2.45, 2.75) is 38.0 Å². The largest absolute Gasteiger partial charge is 0.493 e. The second-order valence-electron chi connectivity index (χ2n) is 6.51. The van der Waals surface area contributed by atoms with Gasteiger partial charge in [0.1, 0.15) is 0 Å². The molecule has 1 aliphatic carbocycles. The molecule has 2 aromatic carbocycles. The number of rotatable bonds is 5. The van der Waals surface area contributed by atoms with Crippen molar-refractivity contribution >= 4 is 5.91 Å². The maximum atomic E-state index is 13.3. The van der Waals surface area contributed by atoms with E-state index in [9.17, 15) is 18.0 Å². The van der Waals surface area contributed by atoms with Crippen molar-refractivity contribution in [2.24, 2.45) is 5.73 Å². The minimum absolute atomic E-state index is 0.0807. The Kier molecular flexibility index (Phi) is 5.30. The third kappa shape index (κ3) is 4.18. The maximum absolute atomic E-state index is 13.3. The molecule has 0 aromatic heterocycles. The summed E-state index contributed by atoms with van der Waals surface area (Å²) in [5.41, 5.74) is 4.31. The van der Waals surface area contributed by atoms with Gasteiger partial charge in [-0.3, -0.25) is 4.79 Å². The molecule has 0 heterocycles. The van der Waals surface area contributed by atoms with Crippen molar-refractivity contribution in [1.82, 2.24) is 0 Å². The molecule has 0 spiro atoms. The molecule has 0 aliphatic heterocycles. The van der Waals surface area contributed by atoms with Crippen LogP contribution in [0.3, 0.4) is 0 Å². The van der Waals surface area contributed by atoms with Crippen molar-refractivity contribution in [3.8, 4) is 22.6 Å². The molecule has 3 rings (SSSR count). The lowest BCUT2D eigenvalue weighted by Gasteiger charge is -2.17. The first kappa shape index (κ1) is 19.1. The minimum atomic E-state index is -4.68. The molecule has 1 amide bonds. The third-order valence-electron chi connectivity index (χ3n) is 4.68. The van der Waals surface area contributed by atoms with Crippen molar-refractivity contribution in [2.75, 3.05) is 7.11 Å². The lowest BCUT2D eigenvalue weighted by molar-refractivity contribution is -0.137. The standard InChI is InChI=1S/C20H20F3NO3/c1-26-17-9-7-13(11-18(17)27-14-4-2-3-5-14)12-6-8-15(19(24)25)16(10-12)20(21,22)23/h6-11,14H,2-5H2,1H3,(H2,24,25). The highest BCUT2D eigenvalue weighted by Gasteiger charge is 2.35. The van der Waals surface area contributed by atoms with Gasteiger partial charge in [-0.15, -0.1) is 0 Å². The van der Waals surface area contributed by atoms with Crippen molar-refractivity contribution < 1.29 is 27.4 Å². The van der Waals surface area contributed by atoms with Crippen LogP contribution >= 0.6 is 0 Å². The van der Waals surface area contributed by atoms with Gasteiger partial charge in [0.2, 0.25) is 5.91 Å². The number of benzene rings is 2. The fourth-order valence-electron chi connectivity index (χ4n) is 3.31. The molecule has 0 bridgehead atoms. The summed E-state index contributed by atoms with van der Waals surface area (Å²) < 4.78 is 51.3. The van der Waals surface area contributed by atoms with E-state index in [1.165, 1.54) is 13.2 Å². The summed E-state index contributed by atoms with van der Waals surface area (Å²) in [4.78, 5) is 11.3. The quantitative estimate of drug-likeness (QED) is 0.812. The highest BCUT2D eigenvalue weighted by molar-refractivity contribution is 5.95. The number of carbonyl (C=O) groups excluding carboxylic acids is 1. The van der Waals surface area contributed by atoms with Gasteiger partial charge in [0.05, 0.1) is 24.3 Å². The van der Waals surface area contributed by atoms with Crippen LogP contribution in [0.4, 0.5) is 13.2 Å². The number of halogens is 3. The molecule has 0 saturated heterocycles. The Bertz CT molecular complexity index is 843. The number of ether oxygens (including phenoxy) is 2. The molecular weight excluding hydrogens is 359 g/mol. The molecule has 0 atom stereocenters. The Labute approximate surface area is 155 Å². The molecule has 0 radical (unpaired) electrons. The van der Waals surface area contributed by atoms with Crippen LogP contribution in [0.15, 0.2) is 36.4 Å². The Morgan fingerprint density at radius 1 is 1.04 bits per heavy atom. The second kappa shape index (κ2) is 7.50. The zero-order valence-corrected chi connectivity index (χ0v) is 14.8. The van der Waals surface area contributed by atoms with Crippen LogP contribution in [0, 0.1) is 0 Å². The first-order valence-electron chi connectivity index (χ1n) is 8.65. The van der Waals surface area contributed by atoms with Gasteiger partial charge in [-0.1, -0.05) is 12.1 Å². The summed E-state index contributed by atoms with van der Waals surface area (Å²) in [6.07, 6.45) is -0.530. The molecule has 4 nitrogen and oxygen atoms in total. The van der Waals surface area contributed by atoms with Gasteiger partial charge < -0.3 is 15.2 Å². The number of primary amides is 1. The van der Waals surface area contributed by atoms with Crippen LogP contribution in [-0.2, 0) is 6.18 Å². The van der Waals surface area contributed by atoms with Crippen molar-refractivity contribution in [3.05, 3.63) is 47.5 Å². The molecule has 144 valence electrons. The molecule has 2 aromatic rings. The summed E-state index contributed by atoms with van der Waals surface area (Å²) in [6.45, 7) is 0. The first-order valence-corrected chi connectivity index (χ1v) is 8.65. The van der Waals surface area contributed by atoms with E-state index in [0.717, 1.165) is 37.8 Å². The monoisotopic (exact) mass is 379 g/mol. The zero-order valence-electron chi connectivity index (χ0n) is 14.8. The summed E-state index contributed by atoms with van der Waals surface area (Å²) in [5.74, 6) is -0.0984. The fraction of sp³-hybridized carbons (Fsp3) is 0.350. The highest BCUT2D eigenvalue weighted by Crippen LogP contribution is 2.38. The molecule has 27 heavy (non-hydrogen) atoms. The molecule has 2 N–H and O–H groups in total. The summed E-state index contributed by atoms with van der Waals surface area (Å²) in [7, 11) is 1.51. The predicted octanol–water partition coefficient (Wildman–Crippen LogP) is 4.80. The number of alkyl halides is 3. The van der Waals surface area contributed by atoms with Crippen LogP contribution in [0.2, 0.25) is 0 Å². The lowest BCUT2D eigenvalue weighted by Crippen LogP contribution is -2.18. The van der Waals surface area contributed by atoms with Gasteiger partial charge in [0.15, 0.2) is 11.5 Å². The molecule has 1 fully saturated rings. The van der Waals surface area contributed by atoms with E-state index in [1.807, 2.05) is 0 Å². The van der Waals surface area contributed by atoms with Gasteiger partial charge in [-0.2, -0.15) is 13.2 Å². The van der Waals surface area contributed by atoms with Gasteiger partial charge in [0, 0.05) is 0 Å². The summed E-state index contributed by atoms with van der Waals surface area (Å²) in [6, 6.07) is 8.45. The number of methoxy groups -OCH3 is 1. The summed E-state index contributed by atoms with van der Waals surface area (Å²) in [5, 5.41) is 0. The van der Waals surface area contributed by atoms with Gasteiger partial charge in [-0.25, -0.2) is 0 Å². The normalized spacial score (nSPS) is 15.0. The van der Waals surface area contributed by atoms with Crippen LogP contribution in [0.1, 0.15) is 41.6 Å². The van der Waals surface area contributed by atoms with E-state index >= 15 is 0 Å². The minimum Gasteiger partial charge on any atom is -0.493 e. The van der Waals surface area contributed by atoms with E-state index in [1.54, 1.807) is 18.2 Å². The average Bonchev–Trinajstić information content (AvgIpc) is 3.13. The number of amides is 1. The number of carbonyl (C=O) groups is 1. The number of nitrogens with two attached hydrogens (primary N) is 1. The highest BCUT2D eigenvalue weighted by atomic mass is 19.4. The SMILES string of the molecule is COc1ccc(-c2ccc(C(N)=O)c(C(F)(F)F)c2)cc1OC1CCCC1. The van der Waals surface area contributed by atoms with E-state index in [0.29, 0.717) is 22.6 Å². The molecule has 1 aliphatic rings. The predicted molar refractivity (Wildman–Crippen MR) is 94.8 cm³/mol. The van der Waals surface area contributed by atoms with E-state index in [4.69, 9.17) is 15.2 Å². The zero-order chi connectivity index (χ0) is 19.6. The topological polar surface area (TPSA) is 61.5 Å². The third-order valence-corrected chi connectivity index (χ3v) is 4.68. The Balaban J connectivity index is 2.01. The van der Waals surface area contributed by atoms with Crippen molar-refractivity contribution in [3.63, 3.8) is 0 Å². The van der Waals surface area contributed by atoms with Gasteiger partial charge in [0.25, 0.3) is 0 Å². The van der Waals surface area contributed by atoms with Gasteiger partial charge >= 0.3 is 6.18 Å². The number of hydrogen-bond acceptors (Lipinski definition) is 3. The summed E-state index contributed by atoms with van der Waals surface area (Å²) >= 11 is 0. The second-order valence-corrected chi connectivity index (χ2v) is 6.51. The van der Waals surface area contributed by atoms with Crippen LogP contribution < -0.4 is 15.2 Å². The van der Waals surface area contributed by atoms with Crippen LogP contribution in [-0.4, -0.2) is 19.1 Å². The fourth-order valence-corrected chi connectivity index (χ4v) is 3.31. The molecule has 1 saturated carbocycles. The molecule has 0 unspecified atom stereocenters. The van der Waals surface area contributed by atoms with Crippen LogP contribution in [0.5, 0.6) is 11.5 Å². The molecular formula is C20H20F3NO3. The van der Waals surface area contributed by atoms with E-state index in [-0.39, 0.29) is 6.10 Å². The van der Waals surface area contributed by atoms with Gasteiger partial charge in [-0.05, 0) is 61.1 Å². The smallest absolute Gasteiger partial charge is 0.417 e. The van der Waals surface area contributed by atoms with Crippen molar-refractivity contribution in [1.29, 1.82) is 0 Å². The Hall–Kier alpha value is -2.70. The van der Waals surface area contributed by atoms with E-state index in [2.05, 4.69) is 0 Å². The van der Waals surface area contributed by atoms with Crippen LogP contribution in [0.25, 0.3) is 11.1 Å². The first-order chi connectivity index (χ1) is 12.8. The Morgan fingerprint density at radius 2 is 1.67 bits per heavy atom. The lowest BCUT2D eigenvalue weighted by atomic mass is 9.98. The Morgan fingerprint density at radius 3 is 2.26 bits per heavy atom. The van der Waals surface area contributed by atoms with E-state index < -0.39 is 23.2 Å². The number of hydrogen-bond donors (Lipinski definition) is 1. The maximum Gasteiger partial charge on any atom is 0.417 e. The average molecular weight is 379 g/mol. The molecule has 7 heteroatoms.